The van der Waals surface area contributed by atoms with Crippen molar-refractivity contribution in [1.82, 2.24) is 9.97 Å². The number of aromatic nitrogens is 2. The van der Waals surface area contributed by atoms with Crippen LogP contribution in [0.25, 0.3) is 11.3 Å². The van der Waals surface area contributed by atoms with E-state index in [1.54, 1.807) is 6.07 Å². The molecule has 0 amide bonds. The van der Waals surface area contributed by atoms with Crippen LogP contribution in [0.4, 0.5) is 24.9 Å². The van der Waals surface area contributed by atoms with Gasteiger partial charge in [-0.05, 0) is 34.9 Å². The summed E-state index contributed by atoms with van der Waals surface area (Å²) < 4.78 is 54.2. The van der Waals surface area contributed by atoms with Gasteiger partial charge in [-0.2, -0.15) is 13.2 Å². The molecular formula is C15H9ClF3N3O2S. The lowest BCUT2D eigenvalue weighted by atomic mass is 10.1. The zero-order valence-electron chi connectivity index (χ0n) is 12.2. The Balaban J connectivity index is 1.75. The lowest BCUT2D eigenvalue weighted by molar-refractivity contribution is -0.137. The van der Waals surface area contributed by atoms with Crippen LogP contribution in [0.15, 0.2) is 58.2 Å². The van der Waals surface area contributed by atoms with Crippen molar-refractivity contribution in [1.29, 1.82) is 0 Å². The number of hydrogen-bond donors (Lipinski definition) is 1. The summed E-state index contributed by atoms with van der Waals surface area (Å²) in [5.41, 5.74) is 0.239. The number of oxazole rings is 1. The monoisotopic (exact) mass is 387 g/mol. The first-order chi connectivity index (χ1) is 11.8. The van der Waals surface area contributed by atoms with Gasteiger partial charge in [0.25, 0.3) is 6.01 Å². The van der Waals surface area contributed by atoms with E-state index in [0.717, 1.165) is 12.1 Å². The van der Waals surface area contributed by atoms with Gasteiger partial charge in [-0.3, -0.25) is 0 Å². The molecular weight excluding hydrogens is 379 g/mol. The summed E-state index contributed by atoms with van der Waals surface area (Å²) in [4.78, 5) is 7.90. The number of halogens is 4. The third kappa shape index (κ3) is 4.18. The number of nitrogens with one attached hydrogen (secondary N) is 1. The van der Waals surface area contributed by atoms with E-state index in [1.807, 2.05) is 0 Å². The van der Waals surface area contributed by atoms with Gasteiger partial charge in [0.2, 0.25) is 0 Å². The molecule has 1 atom stereocenters. The molecule has 3 rings (SSSR count). The van der Waals surface area contributed by atoms with Crippen LogP contribution in [0.2, 0.25) is 0 Å². The molecule has 0 fully saturated rings. The van der Waals surface area contributed by atoms with Crippen LogP contribution >= 0.6 is 10.7 Å². The minimum Gasteiger partial charge on any atom is -0.423 e. The standard InChI is InChI=1S/C15H9ClF3N3O2S/c16-25(23)13-6-5-11(7-20-13)22-14-21-8-12(24-14)9-1-3-10(4-2-9)15(17,18)19/h1-8H,(H,21,22). The Hall–Kier alpha value is -2.39. The van der Waals surface area contributed by atoms with Crippen molar-refractivity contribution in [3.63, 3.8) is 0 Å². The lowest BCUT2D eigenvalue weighted by Gasteiger charge is -2.06. The topological polar surface area (TPSA) is 68.0 Å². The predicted octanol–water partition coefficient (Wildman–Crippen LogP) is 4.76. The highest BCUT2D eigenvalue weighted by atomic mass is 35.7. The normalized spacial score (nSPS) is 12.8. The highest BCUT2D eigenvalue weighted by Crippen LogP contribution is 2.31. The van der Waals surface area contributed by atoms with Crippen LogP contribution in [0, 0.1) is 0 Å². The highest BCUT2D eigenvalue weighted by Gasteiger charge is 2.30. The summed E-state index contributed by atoms with van der Waals surface area (Å²) >= 11 is 0. The molecule has 3 aromatic rings. The van der Waals surface area contributed by atoms with E-state index in [1.165, 1.54) is 30.6 Å². The smallest absolute Gasteiger partial charge is 0.416 e. The van der Waals surface area contributed by atoms with Gasteiger partial charge in [-0.1, -0.05) is 12.1 Å². The van der Waals surface area contributed by atoms with E-state index >= 15 is 0 Å². The fraction of sp³-hybridized carbons (Fsp3) is 0.0667. The molecule has 0 saturated heterocycles. The second-order valence-electron chi connectivity index (χ2n) is 4.84. The van der Waals surface area contributed by atoms with Gasteiger partial charge in [0.1, 0.15) is 5.03 Å². The van der Waals surface area contributed by atoms with Crippen molar-refractivity contribution in [2.75, 3.05) is 5.32 Å². The molecule has 0 aliphatic heterocycles. The SMILES string of the molecule is O=S(Cl)c1ccc(Nc2ncc(-c3ccc(C(F)(F)F)cc3)o2)cn1. The Bertz CT molecular complexity index is 896. The molecule has 0 spiro atoms. The summed E-state index contributed by atoms with van der Waals surface area (Å²) in [5.74, 6) is 0.308. The molecule has 0 bridgehead atoms. The third-order valence-corrected chi connectivity index (χ3v) is 4.20. The van der Waals surface area contributed by atoms with Crippen molar-refractivity contribution >= 4 is 32.4 Å². The van der Waals surface area contributed by atoms with E-state index in [4.69, 9.17) is 15.1 Å². The fourth-order valence-corrected chi connectivity index (χ4v) is 2.55. The quantitative estimate of drug-likeness (QED) is 0.654. The molecule has 1 aromatic carbocycles. The van der Waals surface area contributed by atoms with Crippen LogP contribution in [0.5, 0.6) is 0 Å². The average molecular weight is 388 g/mol. The van der Waals surface area contributed by atoms with Crippen LogP contribution < -0.4 is 5.32 Å². The number of anilines is 2. The number of rotatable bonds is 4. The summed E-state index contributed by atoms with van der Waals surface area (Å²) in [6, 6.07) is 7.75. The Kier molecular flexibility index (Phi) is 4.78. The van der Waals surface area contributed by atoms with Crippen LogP contribution in [-0.2, 0) is 16.2 Å². The average Bonchev–Trinajstić information content (AvgIpc) is 3.03. The Morgan fingerprint density at radius 1 is 1.04 bits per heavy atom. The first-order valence-corrected chi connectivity index (χ1v) is 8.75. The van der Waals surface area contributed by atoms with E-state index in [9.17, 15) is 17.4 Å². The number of benzene rings is 1. The van der Waals surface area contributed by atoms with Gasteiger partial charge in [0, 0.05) is 5.56 Å². The number of alkyl halides is 3. The van der Waals surface area contributed by atoms with Crippen LogP contribution in [-0.4, -0.2) is 14.2 Å². The number of nitrogens with zero attached hydrogens (tertiary/aromatic N) is 2. The molecule has 5 nitrogen and oxygen atoms in total. The van der Waals surface area contributed by atoms with Gasteiger partial charge in [-0.25, -0.2) is 14.2 Å². The van der Waals surface area contributed by atoms with E-state index in [2.05, 4.69) is 15.3 Å². The minimum absolute atomic E-state index is 0.136. The molecule has 130 valence electrons. The van der Waals surface area contributed by atoms with E-state index in [-0.39, 0.29) is 11.0 Å². The Labute approximate surface area is 146 Å². The summed E-state index contributed by atoms with van der Waals surface area (Å²) in [6.07, 6.45) is -1.60. The largest absolute Gasteiger partial charge is 0.423 e. The molecule has 25 heavy (non-hydrogen) atoms. The summed E-state index contributed by atoms with van der Waals surface area (Å²) in [6.45, 7) is 0. The lowest BCUT2D eigenvalue weighted by Crippen LogP contribution is -2.03. The van der Waals surface area contributed by atoms with E-state index in [0.29, 0.717) is 17.0 Å². The van der Waals surface area contributed by atoms with Crippen molar-refractivity contribution < 1.29 is 21.8 Å². The van der Waals surface area contributed by atoms with Gasteiger partial charge in [-0.15, -0.1) is 0 Å². The molecule has 0 aliphatic carbocycles. The summed E-state index contributed by atoms with van der Waals surface area (Å²) in [5, 5.41) is 3.05. The maximum absolute atomic E-state index is 12.6. The van der Waals surface area contributed by atoms with Crippen molar-refractivity contribution in [3.05, 3.63) is 54.4 Å². The van der Waals surface area contributed by atoms with Gasteiger partial charge in [0.15, 0.2) is 15.8 Å². The van der Waals surface area contributed by atoms with Gasteiger partial charge in [0.05, 0.1) is 23.6 Å². The highest BCUT2D eigenvalue weighted by molar-refractivity contribution is 8.08. The van der Waals surface area contributed by atoms with Crippen LogP contribution in [0.1, 0.15) is 5.56 Å². The molecule has 1 N–H and O–H groups in total. The van der Waals surface area contributed by atoms with Gasteiger partial charge < -0.3 is 9.73 Å². The maximum atomic E-state index is 12.6. The first kappa shape index (κ1) is 17.4. The van der Waals surface area contributed by atoms with Crippen molar-refractivity contribution in [2.24, 2.45) is 0 Å². The van der Waals surface area contributed by atoms with Crippen molar-refractivity contribution in [2.45, 2.75) is 11.2 Å². The molecule has 10 heteroatoms. The maximum Gasteiger partial charge on any atom is 0.416 e. The second-order valence-corrected chi connectivity index (χ2v) is 6.54. The summed E-state index contributed by atoms with van der Waals surface area (Å²) in [7, 11) is 3.72. The van der Waals surface area contributed by atoms with Crippen LogP contribution in [0.3, 0.4) is 0 Å². The third-order valence-electron chi connectivity index (χ3n) is 3.15. The number of hydrogen-bond acceptors (Lipinski definition) is 5. The zero-order valence-corrected chi connectivity index (χ0v) is 13.8. The number of pyridine rings is 1. The molecule has 0 aliphatic rings. The van der Waals surface area contributed by atoms with Crippen molar-refractivity contribution in [3.8, 4) is 11.3 Å². The molecule has 2 heterocycles. The fourth-order valence-electron chi connectivity index (χ4n) is 1.96. The second kappa shape index (κ2) is 6.85. The Morgan fingerprint density at radius 2 is 1.76 bits per heavy atom. The predicted molar refractivity (Wildman–Crippen MR) is 86.7 cm³/mol. The molecule has 0 saturated carbocycles. The first-order valence-electron chi connectivity index (χ1n) is 6.77. The van der Waals surface area contributed by atoms with E-state index < -0.39 is 21.8 Å². The minimum atomic E-state index is -4.39. The Morgan fingerprint density at radius 3 is 2.32 bits per heavy atom. The molecule has 0 radical (unpaired) electrons. The molecule has 2 aromatic heterocycles. The van der Waals surface area contributed by atoms with Gasteiger partial charge >= 0.3 is 6.18 Å². The molecule has 1 unspecified atom stereocenters. The zero-order chi connectivity index (χ0) is 18.0.